The third-order valence-electron chi connectivity index (χ3n) is 5.36. The van der Waals surface area contributed by atoms with Crippen molar-refractivity contribution in [1.82, 2.24) is 10.2 Å². The Morgan fingerprint density at radius 3 is 2.52 bits per heavy atom. The molecule has 0 saturated heterocycles. The number of amides is 3. The van der Waals surface area contributed by atoms with Gasteiger partial charge in [0, 0.05) is 23.7 Å². The van der Waals surface area contributed by atoms with E-state index < -0.39 is 11.9 Å². The van der Waals surface area contributed by atoms with Crippen LogP contribution in [0.1, 0.15) is 34.8 Å². The number of methoxy groups -OCH3 is 2. The Bertz CT molecular complexity index is 1050. The van der Waals surface area contributed by atoms with Crippen LogP contribution < -0.4 is 20.1 Å². The topological polar surface area (TPSA) is 97.0 Å². The van der Waals surface area contributed by atoms with Crippen LogP contribution >= 0.6 is 11.6 Å². The van der Waals surface area contributed by atoms with Gasteiger partial charge in [0.05, 0.1) is 31.5 Å². The summed E-state index contributed by atoms with van der Waals surface area (Å²) in [5.74, 6) is -0.239. The van der Waals surface area contributed by atoms with E-state index in [-0.39, 0.29) is 24.4 Å². The van der Waals surface area contributed by atoms with E-state index in [9.17, 15) is 14.4 Å². The molecule has 9 heteroatoms. The highest BCUT2D eigenvalue weighted by atomic mass is 35.5. The summed E-state index contributed by atoms with van der Waals surface area (Å²) in [6.07, 6.45) is 1.75. The summed E-state index contributed by atoms with van der Waals surface area (Å²) in [5, 5.41) is 5.68. The number of hydrogen-bond donors (Lipinski definition) is 2. The first-order valence-electron chi connectivity index (χ1n) is 9.85. The molecule has 8 nitrogen and oxygen atoms in total. The first-order valence-corrected chi connectivity index (χ1v) is 10.2. The minimum absolute atomic E-state index is 0.0651. The number of anilines is 1. The van der Waals surface area contributed by atoms with Gasteiger partial charge in [-0.1, -0.05) is 29.8 Å². The molecule has 0 aromatic heterocycles. The zero-order valence-corrected chi connectivity index (χ0v) is 17.9. The second-order valence-electron chi connectivity index (χ2n) is 7.39. The van der Waals surface area contributed by atoms with Crippen molar-refractivity contribution in [1.29, 1.82) is 0 Å². The highest BCUT2D eigenvalue weighted by molar-refractivity contribution is 6.32. The lowest BCUT2D eigenvalue weighted by molar-refractivity contribution is -0.127. The second-order valence-corrected chi connectivity index (χ2v) is 7.79. The van der Waals surface area contributed by atoms with Gasteiger partial charge in [0.2, 0.25) is 11.8 Å². The van der Waals surface area contributed by atoms with Crippen molar-refractivity contribution in [2.45, 2.75) is 24.9 Å². The van der Waals surface area contributed by atoms with Gasteiger partial charge in [-0.3, -0.25) is 14.4 Å². The molecule has 2 aromatic carbocycles. The van der Waals surface area contributed by atoms with Crippen molar-refractivity contribution < 1.29 is 23.9 Å². The highest BCUT2D eigenvalue weighted by Crippen LogP contribution is 2.42. The number of nitrogens with zero attached hydrogens (tertiary/aromatic N) is 1. The largest absolute Gasteiger partial charge is 0.495 e. The number of carbonyl (C=O) groups excluding carboxylic acids is 3. The maximum absolute atomic E-state index is 13.0. The molecule has 1 aliphatic heterocycles. The number of nitrogens with one attached hydrogen (secondary N) is 2. The molecule has 4 rings (SSSR count). The molecular weight excluding hydrogens is 422 g/mol. The van der Waals surface area contributed by atoms with Gasteiger partial charge in [0.15, 0.2) is 0 Å². The molecule has 3 amide bonds. The minimum Gasteiger partial charge on any atom is -0.495 e. The maximum Gasteiger partial charge on any atom is 0.255 e. The Kier molecular flexibility index (Phi) is 5.73. The lowest BCUT2D eigenvalue weighted by Gasteiger charge is -2.24. The van der Waals surface area contributed by atoms with Crippen LogP contribution in [0.25, 0.3) is 0 Å². The number of carbonyl (C=O) groups is 3. The summed E-state index contributed by atoms with van der Waals surface area (Å²) in [6.45, 7) is -0.266. The number of rotatable bonds is 7. The number of ether oxygens (including phenoxy) is 2. The van der Waals surface area contributed by atoms with Crippen molar-refractivity contribution in [2.75, 3.05) is 26.1 Å². The summed E-state index contributed by atoms with van der Waals surface area (Å²) in [5.41, 5.74) is 1.57. The first kappa shape index (κ1) is 21.0. The second kappa shape index (κ2) is 8.47. The fourth-order valence-corrected chi connectivity index (χ4v) is 3.98. The van der Waals surface area contributed by atoms with Crippen molar-refractivity contribution in [2.24, 2.45) is 0 Å². The van der Waals surface area contributed by atoms with Gasteiger partial charge in [0.1, 0.15) is 17.5 Å². The molecule has 2 aliphatic rings. The predicted molar refractivity (Wildman–Crippen MR) is 115 cm³/mol. The SMILES string of the molecule is COc1cc(NC(=O)CNC(=O)C2c3ccccc3C(=O)N2C2CC2)c(OC)cc1Cl. The Hall–Kier alpha value is -3.26. The monoisotopic (exact) mass is 443 g/mol. The molecule has 2 N–H and O–H groups in total. The third-order valence-corrected chi connectivity index (χ3v) is 5.65. The number of fused-ring (bicyclic) bond motifs is 1. The maximum atomic E-state index is 13.0. The normalized spacial score (nSPS) is 17.2. The molecule has 162 valence electrons. The van der Waals surface area contributed by atoms with E-state index in [4.69, 9.17) is 21.1 Å². The zero-order chi connectivity index (χ0) is 22.1. The Labute approximate surface area is 184 Å². The van der Waals surface area contributed by atoms with Crippen molar-refractivity contribution in [3.8, 4) is 11.5 Å². The van der Waals surface area contributed by atoms with Crippen LogP contribution in [0, 0.1) is 0 Å². The molecule has 0 bridgehead atoms. The summed E-state index contributed by atoms with van der Waals surface area (Å²) in [4.78, 5) is 39.9. The molecule has 2 aromatic rings. The standard InChI is InChI=1S/C22H22ClN3O5/c1-30-17-10-16(18(31-2)9-15(17)23)25-19(27)11-24-21(28)20-13-5-3-4-6-14(13)22(29)26(20)12-7-8-12/h3-6,9-10,12,20H,7-8,11H2,1-2H3,(H,24,28)(H,25,27). The van der Waals surface area contributed by atoms with Crippen LogP contribution in [0.15, 0.2) is 36.4 Å². The summed E-state index contributed by atoms with van der Waals surface area (Å²) in [6, 6.07) is 9.51. The fourth-order valence-electron chi connectivity index (χ4n) is 3.75. The average Bonchev–Trinajstić information content (AvgIpc) is 3.57. The van der Waals surface area contributed by atoms with E-state index in [1.54, 1.807) is 35.2 Å². The quantitative estimate of drug-likeness (QED) is 0.685. The summed E-state index contributed by atoms with van der Waals surface area (Å²) < 4.78 is 10.4. The first-order chi connectivity index (χ1) is 14.9. The molecule has 1 aliphatic carbocycles. The number of hydrogen-bond acceptors (Lipinski definition) is 5. The van der Waals surface area contributed by atoms with Gasteiger partial charge < -0.3 is 25.0 Å². The van der Waals surface area contributed by atoms with Crippen LogP contribution in [0.2, 0.25) is 5.02 Å². The molecule has 1 heterocycles. The van der Waals surface area contributed by atoms with Gasteiger partial charge >= 0.3 is 0 Å². The third kappa shape index (κ3) is 4.03. The Morgan fingerprint density at radius 2 is 1.84 bits per heavy atom. The van der Waals surface area contributed by atoms with E-state index in [1.165, 1.54) is 20.3 Å². The van der Waals surface area contributed by atoms with E-state index in [0.717, 1.165) is 12.8 Å². The zero-order valence-electron chi connectivity index (χ0n) is 17.1. The van der Waals surface area contributed by atoms with Crippen LogP contribution in [-0.2, 0) is 9.59 Å². The predicted octanol–water partition coefficient (Wildman–Crippen LogP) is 2.77. The molecular formula is C22H22ClN3O5. The van der Waals surface area contributed by atoms with Gasteiger partial charge in [-0.05, 0) is 24.5 Å². The van der Waals surface area contributed by atoms with Crippen molar-refractivity contribution in [3.05, 3.63) is 52.5 Å². The molecule has 1 fully saturated rings. The molecule has 1 unspecified atom stereocenters. The Balaban J connectivity index is 1.45. The fraction of sp³-hybridized carbons (Fsp3) is 0.318. The van der Waals surface area contributed by atoms with Crippen molar-refractivity contribution >= 4 is 35.0 Å². The lowest BCUT2D eigenvalue weighted by atomic mass is 10.0. The van der Waals surface area contributed by atoms with E-state index in [2.05, 4.69) is 10.6 Å². The average molecular weight is 444 g/mol. The summed E-state index contributed by atoms with van der Waals surface area (Å²) >= 11 is 6.08. The van der Waals surface area contributed by atoms with Gasteiger partial charge in [-0.2, -0.15) is 0 Å². The van der Waals surface area contributed by atoms with E-state index in [0.29, 0.717) is 33.3 Å². The lowest BCUT2D eigenvalue weighted by Crippen LogP contribution is -2.42. The molecule has 0 spiro atoms. The van der Waals surface area contributed by atoms with Crippen LogP contribution in [0.4, 0.5) is 5.69 Å². The molecule has 31 heavy (non-hydrogen) atoms. The number of halogens is 1. The van der Waals surface area contributed by atoms with Gasteiger partial charge in [-0.15, -0.1) is 0 Å². The van der Waals surface area contributed by atoms with E-state index >= 15 is 0 Å². The van der Waals surface area contributed by atoms with E-state index in [1.807, 2.05) is 0 Å². The molecule has 0 radical (unpaired) electrons. The summed E-state index contributed by atoms with van der Waals surface area (Å²) in [7, 11) is 2.92. The Morgan fingerprint density at radius 1 is 1.13 bits per heavy atom. The van der Waals surface area contributed by atoms with Crippen LogP contribution in [-0.4, -0.2) is 49.4 Å². The van der Waals surface area contributed by atoms with Gasteiger partial charge in [-0.25, -0.2) is 0 Å². The smallest absolute Gasteiger partial charge is 0.255 e. The molecule has 1 atom stereocenters. The molecule has 1 saturated carbocycles. The highest BCUT2D eigenvalue weighted by Gasteiger charge is 2.47. The van der Waals surface area contributed by atoms with Crippen LogP contribution in [0.3, 0.4) is 0 Å². The minimum atomic E-state index is -0.728. The van der Waals surface area contributed by atoms with Crippen LogP contribution in [0.5, 0.6) is 11.5 Å². The number of benzene rings is 2. The van der Waals surface area contributed by atoms with Gasteiger partial charge in [0.25, 0.3) is 5.91 Å². The van der Waals surface area contributed by atoms with Crippen molar-refractivity contribution in [3.63, 3.8) is 0 Å².